The highest BCUT2D eigenvalue weighted by Gasteiger charge is 2.25. The number of nitrogens with zero attached hydrogens (tertiary/aromatic N) is 4. The highest BCUT2D eigenvalue weighted by Crippen LogP contribution is 2.08. The molecule has 32 heavy (non-hydrogen) atoms. The van der Waals surface area contributed by atoms with E-state index in [4.69, 9.17) is 0 Å². The molecule has 0 unspecified atom stereocenters. The first-order valence-corrected chi connectivity index (χ1v) is 11.0. The van der Waals surface area contributed by atoms with Gasteiger partial charge in [-0.1, -0.05) is 11.8 Å². The number of aromatic amines is 1. The normalized spacial score (nSPS) is 17.0. The number of H-pyrrole nitrogens is 1. The van der Waals surface area contributed by atoms with Gasteiger partial charge in [-0.2, -0.15) is 0 Å². The molecule has 1 aromatic heterocycles. The average molecular weight is 437 g/mol. The maximum atomic E-state index is 12.6. The first-order chi connectivity index (χ1) is 15.6. The lowest BCUT2D eigenvalue weighted by Gasteiger charge is -2.38. The van der Waals surface area contributed by atoms with Crippen LogP contribution in [0.3, 0.4) is 0 Å². The monoisotopic (exact) mass is 436 g/mol. The van der Waals surface area contributed by atoms with Gasteiger partial charge in [-0.05, 0) is 24.3 Å². The van der Waals surface area contributed by atoms with Crippen molar-refractivity contribution in [3.8, 4) is 17.5 Å². The van der Waals surface area contributed by atoms with Crippen molar-refractivity contribution in [1.29, 1.82) is 0 Å². The van der Waals surface area contributed by atoms with Crippen LogP contribution in [0.4, 0.5) is 4.79 Å². The van der Waals surface area contributed by atoms with Crippen molar-refractivity contribution in [2.45, 2.75) is 6.42 Å². The second kappa shape index (κ2) is 10.3. The first-order valence-electron chi connectivity index (χ1n) is 11.0. The highest BCUT2D eigenvalue weighted by atomic mass is 16.2. The minimum Gasteiger partial charge on any atom is -0.322 e. The second-order valence-electron chi connectivity index (χ2n) is 7.93. The summed E-state index contributed by atoms with van der Waals surface area (Å²) in [6.45, 7) is 7.49. The molecule has 2 aromatic rings. The summed E-state index contributed by atoms with van der Waals surface area (Å²) in [5.41, 5.74) is 0.662. The van der Waals surface area contributed by atoms with Crippen LogP contribution in [-0.4, -0.2) is 89.2 Å². The molecule has 9 heteroatoms. The fourth-order valence-corrected chi connectivity index (χ4v) is 3.92. The fraction of sp³-hybridized carbons (Fsp3) is 0.435. The zero-order chi connectivity index (χ0) is 22.3. The number of piperazine rings is 2. The van der Waals surface area contributed by atoms with Crippen molar-refractivity contribution >= 4 is 6.03 Å². The van der Waals surface area contributed by atoms with Crippen LogP contribution in [0.25, 0.3) is 5.69 Å². The highest BCUT2D eigenvalue weighted by molar-refractivity contribution is 5.74. The SMILES string of the molecule is O=C(N1CCNCC1)N1CCN(CCC#Cc2ccc(-n3ccc(=O)[nH]c3=O)cc2)CC1. The summed E-state index contributed by atoms with van der Waals surface area (Å²) in [5, 5.41) is 3.28. The molecule has 1 aromatic carbocycles. The molecule has 0 saturated carbocycles. The molecular weight excluding hydrogens is 408 g/mol. The van der Waals surface area contributed by atoms with Gasteiger partial charge in [-0.3, -0.25) is 19.2 Å². The van der Waals surface area contributed by atoms with Crippen LogP contribution in [0.1, 0.15) is 12.0 Å². The van der Waals surface area contributed by atoms with Crippen molar-refractivity contribution in [2.75, 3.05) is 58.9 Å². The Morgan fingerprint density at radius 3 is 2.28 bits per heavy atom. The summed E-state index contributed by atoms with van der Waals surface area (Å²) in [6.07, 6.45) is 2.21. The van der Waals surface area contributed by atoms with Crippen LogP contribution in [0, 0.1) is 11.8 Å². The topological polar surface area (TPSA) is 93.7 Å². The molecule has 2 aliphatic rings. The Kier molecular flexibility index (Phi) is 7.04. The molecular formula is C23H28N6O3. The van der Waals surface area contributed by atoms with Crippen LogP contribution >= 0.6 is 0 Å². The van der Waals surface area contributed by atoms with E-state index >= 15 is 0 Å². The molecule has 2 N–H and O–H groups in total. The molecule has 168 valence electrons. The Balaban J connectivity index is 1.23. The lowest BCUT2D eigenvalue weighted by molar-refractivity contribution is 0.110. The third-order valence-corrected chi connectivity index (χ3v) is 5.79. The van der Waals surface area contributed by atoms with Crippen molar-refractivity contribution < 1.29 is 4.79 Å². The Morgan fingerprint density at radius 2 is 1.59 bits per heavy atom. The van der Waals surface area contributed by atoms with Crippen LogP contribution in [-0.2, 0) is 0 Å². The zero-order valence-electron chi connectivity index (χ0n) is 18.0. The van der Waals surface area contributed by atoms with E-state index in [2.05, 4.69) is 27.0 Å². The van der Waals surface area contributed by atoms with Gasteiger partial charge in [0.05, 0.1) is 5.69 Å². The largest absolute Gasteiger partial charge is 0.332 e. The van der Waals surface area contributed by atoms with Gasteiger partial charge in [-0.15, -0.1) is 0 Å². The third kappa shape index (κ3) is 5.46. The molecule has 0 aliphatic carbocycles. The lowest BCUT2D eigenvalue weighted by atomic mass is 10.2. The van der Waals surface area contributed by atoms with E-state index in [1.807, 2.05) is 21.9 Å². The van der Waals surface area contributed by atoms with Gasteiger partial charge in [0.2, 0.25) is 0 Å². The van der Waals surface area contributed by atoms with E-state index in [1.54, 1.807) is 12.1 Å². The number of carbonyl (C=O) groups is 1. The number of rotatable bonds is 3. The number of amides is 2. The minimum atomic E-state index is -0.467. The van der Waals surface area contributed by atoms with E-state index in [1.165, 1.54) is 16.8 Å². The van der Waals surface area contributed by atoms with E-state index in [9.17, 15) is 14.4 Å². The van der Waals surface area contributed by atoms with Crippen molar-refractivity contribution in [3.63, 3.8) is 0 Å². The molecule has 3 heterocycles. The summed E-state index contributed by atoms with van der Waals surface area (Å²) in [7, 11) is 0. The van der Waals surface area contributed by atoms with Gasteiger partial charge >= 0.3 is 11.7 Å². The van der Waals surface area contributed by atoms with Gasteiger partial charge < -0.3 is 15.1 Å². The molecule has 2 aliphatic heterocycles. The standard InChI is InChI=1S/C23H28N6O3/c30-21-8-12-29(22(31)25-21)20-6-4-19(5-7-20)3-1-2-11-26-15-17-28(18-16-26)23(32)27-13-9-24-10-14-27/h4-8,12,24H,2,9-11,13-18H2,(H,25,30,31). The number of carbonyl (C=O) groups excluding carboxylic acids is 1. The fourth-order valence-electron chi connectivity index (χ4n) is 3.92. The van der Waals surface area contributed by atoms with Gasteiger partial charge in [0.1, 0.15) is 0 Å². The van der Waals surface area contributed by atoms with E-state index in [0.29, 0.717) is 5.69 Å². The third-order valence-electron chi connectivity index (χ3n) is 5.79. The molecule has 0 bridgehead atoms. The van der Waals surface area contributed by atoms with Gasteiger partial charge in [0, 0.05) is 83.2 Å². The summed E-state index contributed by atoms with van der Waals surface area (Å²) in [4.78, 5) is 44.1. The quantitative estimate of drug-likeness (QED) is 0.656. The molecule has 0 spiro atoms. The number of hydrogen-bond donors (Lipinski definition) is 2. The van der Waals surface area contributed by atoms with E-state index in [0.717, 1.165) is 70.9 Å². The molecule has 2 amide bonds. The van der Waals surface area contributed by atoms with E-state index in [-0.39, 0.29) is 6.03 Å². The van der Waals surface area contributed by atoms with Gasteiger partial charge in [0.25, 0.3) is 5.56 Å². The van der Waals surface area contributed by atoms with Crippen molar-refractivity contribution in [2.24, 2.45) is 0 Å². The Hall–Kier alpha value is -3.35. The summed E-state index contributed by atoms with van der Waals surface area (Å²) in [5.74, 6) is 6.37. The maximum absolute atomic E-state index is 12.6. The Morgan fingerprint density at radius 1 is 0.906 bits per heavy atom. The smallest absolute Gasteiger partial charge is 0.322 e. The van der Waals surface area contributed by atoms with Crippen molar-refractivity contribution in [3.05, 3.63) is 62.9 Å². The van der Waals surface area contributed by atoms with E-state index < -0.39 is 11.2 Å². The van der Waals surface area contributed by atoms with Crippen LogP contribution < -0.4 is 16.6 Å². The summed E-state index contributed by atoms with van der Waals surface area (Å²) in [6, 6.07) is 8.81. The lowest BCUT2D eigenvalue weighted by Crippen LogP contribution is -2.56. The predicted octanol–water partition coefficient (Wildman–Crippen LogP) is -0.0898. The molecule has 2 fully saturated rings. The molecule has 0 atom stereocenters. The number of urea groups is 1. The molecule has 4 rings (SSSR count). The van der Waals surface area contributed by atoms with Crippen LogP contribution in [0.5, 0.6) is 0 Å². The zero-order valence-corrected chi connectivity index (χ0v) is 18.0. The summed E-state index contributed by atoms with van der Waals surface area (Å²) < 4.78 is 1.38. The van der Waals surface area contributed by atoms with Crippen LogP contribution in [0.2, 0.25) is 0 Å². The van der Waals surface area contributed by atoms with Gasteiger partial charge in [0.15, 0.2) is 0 Å². The average Bonchev–Trinajstić information content (AvgIpc) is 2.83. The second-order valence-corrected chi connectivity index (χ2v) is 7.93. The first kappa shape index (κ1) is 21.9. The molecule has 9 nitrogen and oxygen atoms in total. The minimum absolute atomic E-state index is 0.165. The number of hydrogen-bond acceptors (Lipinski definition) is 5. The number of nitrogens with one attached hydrogen (secondary N) is 2. The summed E-state index contributed by atoms with van der Waals surface area (Å²) >= 11 is 0. The predicted molar refractivity (Wildman–Crippen MR) is 122 cm³/mol. The molecule has 0 radical (unpaired) electrons. The Bertz CT molecular complexity index is 1100. The molecule has 2 saturated heterocycles. The van der Waals surface area contributed by atoms with Gasteiger partial charge in [-0.25, -0.2) is 9.59 Å². The maximum Gasteiger partial charge on any atom is 0.332 e. The number of benzene rings is 1. The van der Waals surface area contributed by atoms with Crippen LogP contribution in [0.15, 0.2) is 46.1 Å². The van der Waals surface area contributed by atoms with Crippen molar-refractivity contribution in [1.82, 2.24) is 29.6 Å². The Labute approximate surface area is 186 Å². The number of aromatic nitrogens is 2.